The molecule has 0 bridgehead atoms. The van der Waals surface area contributed by atoms with Crippen LogP contribution >= 0.6 is 37.2 Å². The van der Waals surface area contributed by atoms with Gasteiger partial charge < -0.3 is 4.98 Å². The fourth-order valence-electron chi connectivity index (χ4n) is 5.59. The van der Waals surface area contributed by atoms with Gasteiger partial charge in [0.1, 0.15) is 5.82 Å². The number of hydrogen-bond acceptors (Lipinski definition) is 3. The number of H-pyrrole nitrogens is 1. The highest BCUT2D eigenvalue weighted by molar-refractivity contribution is 5.86. The van der Waals surface area contributed by atoms with Gasteiger partial charge in [-0.2, -0.15) is 0 Å². The highest BCUT2D eigenvalue weighted by Crippen LogP contribution is 2.33. The van der Waals surface area contributed by atoms with Crippen molar-refractivity contribution in [3.8, 4) is 11.4 Å². The van der Waals surface area contributed by atoms with E-state index < -0.39 is 0 Å². The molecule has 1 fully saturated rings. The topological polar surface area (TPSA) is 35.2 Å². The zero-order chi connectivity index (χ0) is 26.0. The second kappa shape index (κ2) is 14.5. The predicted molar refractivity (Wildman–Crippen MR) is 175 cm³/mol. The van der Waals surface area contributed by atoms with Crippen LogP contribution in [-0.2, 0) is 5.41 Å². The molecule has 4 aromatic rings. The lowest BCUT2D eigenvalue weighted by Crippen LogP contribution is -2.48. The largest absolute Gasteiger partial charge is 0.342 e. The molecule has 2 heterocycles. The smallest absolute Gasteiger partial charge is 0.137 e. The number of nitrogens with zero attached hydrogens (tertiary/aromatic N) is 3. The number of halogens is 3. The van der Waals surface area contributed by atoms with E-state index in [1.54, 1.807) is 0 Å². The third-order valence-electron chi connectivity index (χ3n) is 7.81. The summed E-state index contributed by atoms with van der Waals surface area (Å²) in [4.78, 5) is 13.9. The Labute approximate surface area is 258 Å². The van der Waals surface area contributed by atoms with Crippen LogP contribution in [0.1, 0.15) is 67.9 Å². The monoisotopic (exact) mass is 600 g/mol. The second-order valence-electron chi connectivity index (χ2n) is 11.4. The normalized spacial score (nSPS) is 15.1. The fourth-order valence-corrected chi connectivity index (χ4v) is 5.59. The van der Waals surface area contributed by atoms with E-state index in [1.807, 2.05) is 0 Å². The summed E-state index contributed by atoms with van der Waals surface area (Å²) in [6.07, 6.45) is 0. The maximum atomic E-state index is 5.12. The Hall–Kier alpha value is -2.34. The number of piperazine rings is 1. The maximum absolute atomic E-state index is 5.12. The predicted octanol–water partition coefficient (Wildman–Crippen LogP) is 8.42. The zero-order valence-electron chi connectivity index (χ0n) is 24.1. The van der Waals surface area contributed by atoms with Gasteiger partial charge in [0.2, 0.25) is 0 Å². The number of imidazole rings is 1. The third-order valence-corrected chi connectivity index (χ3v) is 7.81. The average molecular weight is 602 g/mol. The summed E-state index contributed by atoms with van der Waals surface area (Å²) in [5, 5.41) is 0. The van der Waals surface area contributed by atoms with Gasteiger partial charge in [-0.3, -0.25) is 9.80 Å². The van der Waals surface area contributed by atoms with Gasteiger partial charge in [-0.15, -0.1) is 37.2 Å². The van der Waals surface area contributed by atoms with Crippen LogP contribution in [0.15, 0.2) is 84.9 Å². The molecular formula is C33H43Cl3N4. The molecule has 1 unspecified atom stereocenters. The quantitative estimate of drug-likeness (QED) is 0.241. The Morgan fingerprint density at radius 1 is 0.725 bits per heavy atom. The van der Waals surface area contributed by atoms with Crippen LogP contribution < -0.4 is 0 Å². The van der Waals surface area contributed by atoms with Crippen LogP contribution in [0.2, 0.25) is 0 Å². The molecule has 0 spiro atoms. The van der Waals surface area contributed by atoms with E-state index in [0.717, 1.165) is 49.0 Å². The molecule has 1 aliphatic rings. The highest BCUT2D eigenvalue weighted by atomic mass is 35.5. The molecule has 40 heavy (non-hydrogen) atoms. The summed E-state index contributed by atoms with van der Waals surface area (Å²) in [5.74, 6) is 0.970. The number of benzene rings is 3. The first-order chi connectivity index (χ1) is 17.8. The van der Waals surface area contributed by atoms with Crippen molar-refractivity contribution in [3.05, 3.63) is 113 Å². The Morgan fingerprint density at radius 3 is 1.77 bits per heavy atom. The molecule has 0 aliphatic carbocycles. The molecule has 4 nitrogen and oxygen atoms in total. The molecule has 7 heteroatoms. The number of hydrogen-bond donors (Lipinski definition) is 1. The summed E-state index contributed by atoms with van der Waals surface area (Å²) < 4.78 is 0. The van der Waals surface area contributed by atoms with Crippen LogP contribution in [-0.4, -0.2) is 45.9 Å². The fraction of sp³-hybridized carbons (Fsp3) is 0.364. The first-order valence-corrected chi connectivity index (χ1v) is 13.6. The van der Waals surface area contributed by atoms with Crippen molar-refractivity contribution < 1.29 is 0 Å². The summed E-state index contributed by atoms with van der Waals surface area (Å²) in [5.41, 5.74) is 7.65. The first-order valence-electron chi connectivity index (χ1n) is 13.6. The minimum atomic E-state index is 0. The molecule has 1 aliphatic heterocycles. The van der Waals surface area contributed by atoms with E-state index in [9.17, 15) is 0 Å². The van der Waals surface area contributed by atoms with E-state index in [2.05, 4.69) is 134 Å². The second-order valence-corrected chi connectivity index (χ2v) is 11.4. The van der Waals surface area contributed by atoms with Crippen LogP contribution in [0.25, 0.3) is 11.4 Å². The van der Waals surface area contributed by atoms with Gasteiger partial charge in [0.25, 0.3) is 0 Å². The first kappa shape index (κ1) is 33.9. The highest BCUT2D eigenvalue weighted by Gasteiger charge is 2.30. The Morgan fingerprint density at radius 2 is 1.25 bits per heavy atom. The van der Waals surface area contributed by atoms with E-state index in [1.165, 1.54) is 16.7 Å². The molecular weight excluding hydrogens is 559 g/mol. The summed E-state index contributed by atoms with van der Waals surface area (Å²) >= 11 is 0. The van der Waals surface area contributed by atoms with Crippen molar-refractivity contribution in [2.45, 2.75) is 52.1 Å². The SMILES string of the molecule is Cc1[nH]c(-c2cccc(C(C)(C)C)c2)nc1C(C)N1CCN(C(c2ccccc2)c2ccccc2)CC1.Cl.Cl.Cl. The minimum absolute atomic E-state index is 0. The van der Waals surface area contributed by atoms with Crippen molar-refractivity contribution in [1.82, 2.24) is 19.8 Å². The lowest BCUT2D eigenvalue weighted by Gasteiger charge is -2.41. The summed E-state index contributed by atoms with van der Waals surface area (Å²) in [7, 11) is 0. The minimum Gasteiger partial charge on any atom is -0.342 e. The summed E-state index contributed by atoms with van der Waals surface area (Å²) in [6.45, 7) is 15.3. The van der Waals surface area contributed by atoms with Gasteiger partial charge in [0.15, 0.2) is 0 Å². The third kappa shape index (κ3) is 7.48. The van der Waals surface area contributed by atoms with Crippen LogP contribution in [0.5, 0.6) is 0 Å². The number of aromatic amines is 1. The molecule has 1 N–H and O–H groups in total. The van der Waals surface area contributed by atoms with E-state index in [-0.39, 0.29) is 54.7 Å². The molecule has 5 rings (SSSR count). The zero-order valence-corrected chi connectivity index (χ0v) is 26.6. The Bertz CT molecular complexity index is 1270. The number of aryl methyl sites for hydroxylation is 1. The van der Waals surface area contributed by atoms with Crippen LogP contribution in [0.3, 0.4) is 0 Å². The van der Waals surface area contributed by atoms with Crippen molar-refractivity contribution in [3.63, 3.8) is 0 Å². The molecule has 1 atom stereocenters. The van der Waals surface area contributed by atoms with Gasteiger partial charge in [-0.05, 0) is 42.0 Å². The van der Waals surface area contributed by atoms with Crippen LogP contribution in [0.4, 0.5) is 0 Å². The molecule has 1 aromatic heterocycles. The number of rotatable bonds is 6. The van der Waals surface area contributed by atoms with Crippen LogP contribution in [0, 0.1) is 6.92 Å². The Balaban J connectivity index is 0.00000187. The molecule has 0 radical (unpaired) electrons. The van der Waals surface area contributed by atoms with Crippen molar-refractivity contribution in [1.29, 1.82) is 0 Å². The van der Waals surface area contributed by atoms with Crippen molar-refractivity contribution in [2.24, 2.45) is 0 Å². The van der Waals surface area contributed by atoms with Gasteiger partial charge in [-0.1, -0.05) is 99.6 Å². The van der Waals surface area contributed by atoms with E-state index in [4.69, 9.17) is 4.98 Å². The molecule has 3 aromatic carbocycles. The lowest BCUT2D eigenvalue weighted by atomic mass is 9.86. The van der Waals surface area contributed by atoms with Gasteiger partial charge in [0, 0.05) is 37.4 Å². The molecule has 0 saturated carbocycles. The van der Waals surface area contributed by atoms with Crippen molar-refractivity contribution in [2.75, 3.05) is 26.2 Å². The lowest BCUT2D eigenvalue weighted by molar-refractivity contribution is 0.0826. The maximum Gasteiger partial charge on any atom is 0.137 e. The molecule has 0 amide bonds. The Kier molecular flexibility index (Phi) is 12.3. The van der Waals surface area contributed by atoms with Gasteiger partial charge in [-0.25, -0.2) is 4.98 Å². The number of aromatic nitrogens is 2. The summed E-state index contributed by atoms with van der Waals surface area (Å²) in [6, 6.07) is 31.2. The van der Waals surface area contributed by atoms with Crippen molar-refractivity contribution >= 4 is 37.2 Å². The van der Waals surface area contributed by atoms with E-state index >= 15 is 0 Å². The number of nitrogens with one attached hydrogen (secondary N) is 1. The standard InChI is InChI=1S/C33H40N4.3ClH/c1-24-30(35-32(34-24)28-17-12-18-29(23-28)33(3,4)5)25(2)36-19-21-37(22-20-36)31(26-13-8-6-9-14-26)27-15-10-7-11-16-27;;;/h6-18,23,25,31H,19-22H2,1-5H3,(H,34,35);3*1H. The molecule has 1 saturated heterocycles. The van der Waals surface area contributed by atoms with Gasteiger partial charge in [0.05, 0.1) is 17.8 Å². The van der Waals surface area contributed by atoms with E-state index in [0.29, 0.717) is 0 Å². The van der Waals surface area contributed by atoms with Gasteiger partial charge >= 0.3 is 0 Å². The average Bonchev–Trinajstić information content (AvgIpc) is 3.31. The molecule has 216 valence electrons.